The summed E-state index contributed by atoms with van der Waals surface area (Å²) in [5.74, 6) is -1.10. The van der Waals surface area contributed by atoms with E-state index in [1.807, 2.05) is 4.90 Å². The minimum Gasteiger partial charge on any atom is -0.397 e. The summed E-state index contributed by atoms with van der Waals surface area (Å²) in [4.78, 5) is 17.0. The van der Waals surface area contributed by atoms with Gasteiger partial charge in [0.25, 0.3) is 5.91 Å². The molecule has 2 aromatic carbocycles. The van der Waals surface area contributed by atoms with Crippen LogP contribution >= 0.6 is 23.2 Å². The van der Waals surface area contributed by atoms with E-state index in [1.165, 1.54) is 25.1 Å². The predicted octanol–water partition coefficient (Wildman–Crippen LogP) is 4.72. The second-order valence-corrected chi connectivity index (χ2v) is 12.3. The number of hydrogen-bond donors (Lipinski definition) is 2. The summed E-state index contributed by atoms with van der Waals surface area (Å²) in [6.07, 6.45) is -1.79. The van der Waals surface area contributed by atoms with Gasteiger partial charge in [-0.15, -0.1) is 0 Å². The van der Waals surface area contributed by atoms with Gasteiger partial charge in [0, 0.05) is 50.0 Å². The number of carbonyl (C=O) groups excluding carboxylic acids is 1. The lowest BCUT2D eigenvalue weighted by molar-refractivity contribution is -0.138. The van der Waals surface area contributed by atoms with Gasteiger partial charge in [-0.2, -0.15) is 13.2 Å². The molecule has 2 aliphatic rings. The summed E-state index contributed by atoms with van der Waals surface area (Å²) in [5, 5.41) is 2.37. The summed E-state index contributed by atoms with van der Waals surface area (Å²) in [6.45, 7) is 3.78. The molecule has 0 spiro atoms. The molecule has 2 aliphatic heterocycles. The van der Waals surface area contributed by atoms with E-state index in [4.69, 9.17) is 28.9 Å². The number of nitrogens with two attached hydrogens (primary N) is 1. The molecule has 2 aromatic rings. The fraction of sp³-hybridized carbons (Fsp3) is 0.400. The highest BCUT2D eigenvalue weighted by Crippen LogP contribution is 2.40. The van der Waals surface area contributed by atoms with Crippen molar-refractivity contribution in [2.45, 2.75) is 37.5 Å². The van der Waals surface area contributed by atoms with Gasteiger partial charge in [-0.05, 0) is 41.8 Å². The number of carbonyl (C=O) groups is 1. The first-order valence-electron chi connectivity index (χ1n) is 12.0. The third-order valence-corrected chi connectivity index (χ3v) is 9.27. The van der Waals surface area contributed by atoms with E-state index < -0.39 is 33.0 Å². The van der Waals surface area contributed by atoms with Crippen LogP contribution in [0.3, 0.4) is 0 Å². The van der Waals surface area contributed by atoms with E-state index in [0.717, 1.165) is 18.7 Å². The third kappa shape index (κ3) is 5.90. The fourth-order valence-corrected chi connectivity index (χ4v) is 6.30. The van der Waals surface area contributed by atoms with Gasteiger partial charge in [0.1, 0.15) is 0 Å². The molecular formula is C25H27Cl2F3N4O3S. The minimum atomic E-state index is -4.79. The first-order valence-corrected chi connectivity index (χ1v) is 14.4. The number of alkyl halides is 3. The maximum atomic E-state index is 14.1. The highest BCUT2D eigenvalue weighted by molar-refractivity contribution is 7.91. The van der Waals surface area contributed by atoms with Crippen LogP contribution in [-0.4, -0.2) is 56.1 Å². The number of amides is 1. The third-order valence-electron chi connectivity index (χ3n) is 6.77. The van der Waals surface area contributed by atoms with Crippen molar-refractivity contribution in [1.82, 2.24) is 15.1 Å². The van der Waals surface area contributed by atoms with Crippen molar-refractivity contribution < 1.29 is 26.4 Å². The molecule has 4 rings (SSSR count). The number of fused-ring (bicyclic) bond motifs is 1. The standard InChI is InChI=1S/C25H27Cl2F3N4O3S/c1-2-38(36,37)21-6-5-16(26)10-15(21)12-32-24(35)18-11-20(25(28,29)30)19(22(27)23(18)31)14-33-8-9-34-7-3-4-17(34)13-33/h4-6,10-11H,2-3,7-9,12-14,31H2,1H3,(H,32,35). The van der Waals surface area contributed by atoms with Crippen LogP contribution in [0.15, 0.2) is 40.9 Å². The summed E-state index contributed by atoms with van der Waals surface area (Å²) in [6, 6.07) is 4.82. The Labute approximate surface area is 229 Å². The molecule has 1 amide bonds. The lowest BCUT2D eigenvalue weighted by Gasteiger charge is -2.36. The SMILES string of the molecule is CCS(=O)(=O)c1ccc(Cl)cc1CNC(=O)c1cc(C(F)(F)F)c(CN2CCN3CCC=C3C2)c(Cl)c1N. The molecule has 13 heteroatoms. The van der Waals surface area contributed by atoms with Crippen LogP contribution < -0.4 is 11.1 Å². The molecule has 1 fully saturated rings. The van der Waals surface area contributed by atoms with E-state index in [0.29, 0.717) is 25.7 Å². The molecule has 2 heterocycles. The number of nitrogens with zero attached hydrogens (tertiary/aromatic N) is 2. The summed E-state index contributed by atoms with van der Waals surface area (Å²) < 4.78 is 67.3. The Bertz CT molecular complexity index is 1400. The maximum absolute atomic E-state index is 14.1. The molecular weight excluding hydrogens is 564 g/mol. The van der Waals surface area contributed by atoms with Gasteiger partial charge in [0.05, 0.1) is 32.5 Å². The Morgan fingerprint density at radius 2 is 1.89 bits per heavy atom. The number of nitrogens with one attached hydrogen (secondary N) is 1. The van der Waals surface area contributed by atoms with Crippen molar-refractivity contribution in [3.05, 3.63) is 68.3 Å². The van der Waals surface area contributed by atoms with Gasteiger partial charge in [-0.25, -0.2) is 8.42 Å². The van der Waals surface area contributed by atoms with Gasteiger partial charge in [0.15, 0.2) is 9.84 Å². The number of benzene rings is 2. The smallest absolute Gasteiger partial charge is 0.397 e. The van der Waals surface area contributed by atoms with E-state index in [1.54, 1.807) is 0 Å². The lowest BCUT2D eigenvalue weighted by atomic mass is 9.99. The average Bonchev–Trinajstić information content (AvgIpc) is 3.32. The Kier molecular flexibility index (Phi) is 8.23. The normalized spacial score (nSPS) is 16.4. The number of rotatable bonds is 7. The van der Waals surface area contributed by atoms with E-state index in [-0.39, 0.29) is 50.6 Å². The molecule has 3 N–H and O–H groups in total. The van der Waals surface area contributed by atoms with Crippen molar-refractivity contribution in [2.24, 2.45) is 0 Å². The number of piperazine rings is 1. The Hall–Kier alpha value is -2.47. The number of nitrogen functional groups attached to an aromatic ring is 1. The van der Waals surface area contributed by atoms with Crippen LogP contribution in [0.2, 0.25) is 10.0 Å². The van der Waals surface area contributed by atoms with E-state index in [2.05, 4.69) is 16.3 Å². The average molecular weight is 591 g/mol. The first kappa shape index (κ1) is 28.5. The largest absolute Gasteiger partial charge is 0.416 e. The van der Waals surface area contributed by atoms with Gasteiger partial charge in [-0.3, -0.25) is 9.69 Å². The molecule has 206 valence electrons. The topological polar surface area (TPSA) is 95.7 Å². The van der Waals surface area contributed by atoms with E-state index >= 15 is 0 Å². The zero-order valence-electron chi connectivity index (χ0n) is 20.5. The van der Waals surface area contributed by atoms with Gasteiger partial charge in [0.2, 0.25) is 0 Å². The molecule has 1 saturated heterocycles. The molecule has 0 bridgehead atoms. The molecule has 0 radical (unpaired) electrons. The molecule has 7 nitrogen and oxygen atoms in total. The monoisotopic (exact) mass is 590 g/mol. The Balaban J connectivity index is 1.62. The van der Waals surface area contributed by atoms with Crippen LogP contribution in [0.25, 0.3) is 0 Å². The van der Waals surface area contributed by atoms with Crippen LogP contribution in [-0.2, 0) is 29.1 Å². The summed E-state index contributed by atoms with van der Waals surface area (Å²) >= 11 is 12.4. The van der Waals surface area contributed by atoms with Crippen LogP contribution in [0.4, 0.5) is 18.9 Å². The number of sulfone groups is 1. The minimum absolute atomic E-state index is 0.0282. The first-order chi connectivity index (χ1) is 17.8. The van der Waals surface area contributed by atoms with Crippen molar-refractivity contribution >= 4 is 44.6 Å². The van der Waals surface area contributed by atoms with E-state index in [9.17, 15) is 26.4 Å². The van der Waals surface area contributed by atoms with Crippen LogP contribution in [0.5, 0.6) is 0 Å². The van der Waals surface area contributed by atoms with Crippen molar-refractivity contribution in [2.75, 3.05) is 37.7 Å². The number of hydrogen-bond acceptors (Lipinski definition) is 6. The second-order valence-electron chi connectivity index (χ2n) is 9.20. The highest BCUT2D eigenvalue weighted by atomic mass is 35.5. The molecule has 0 aliphatic carbocycles. The quantitative estimate of drug-likeness (QED) is 0.453. The van der Waals surface area contributed by atoms with Crippen LogP contribution in [0.1, 0.15) is 40.4 Å². The molecule has 0 unspecified atom stereocenters. The van der Waals surface area contributed by atoms with Crippen molar-refractivity contribution in [1.29, 1.82) is 0 Å². The Morgan fingerprint density at radius 3 is 2.58 bits per heavy atom. The maximum Gasteiger partial charge on any atom is 0.416 e. The molecule has 38 heavy (non-hydrogen) atoms. The predicted molar refractivity (Wildman–Crippen MR) is 141 cm³/mol. The van der Waals surface area contributed by atoms with Crippen molar-refractivity contribution in [3.63, 3.8) is 0 Å². The summed E-state index contributed by atoms with van der Waals surface area (Å²) in [7, 11) is -3.64. The second kappa shape index (κ2) is 11.0. The van der Waals surface area contributed by atoms with Gasteiger partial charge < -0.3 is 16.0 Å². The van der Waals surface area contributed by atoms with Crippen LogP contribution in [0, 0.1) is 0 Å². The van der Waals surface area contributed by atoms with Gasteiger partial charge >= 0.3 is 6.18 Å². The lowest BCUT2D eigenvalue weighted by Crippen LogP contribution is -2.43. The Morgan fingerprint density at radius 1 is 1.16 bits per heavy atom. The zero-order valence-corrected chi connectivity index (χ0v) is 22.9. The molecule has 0 saturated carbocycles. The summed E-state index contributed by atoms with van der Waals surface area (Å²) in [5.41, 5.74) is 5.41. The van der Waals surface area contributed by atoms with Crippen molar-refractivity contribution in [3.8, 4) is 0 Å². The number of anilines is 1. The molecule has 0 aromatic heterocycles. The van der Waals surface area contributed by atoms with Gasteiger partial charge in [-0.1, -0.05) is 36.2 Å². The fourth-order valence-electron chi connectivity index (χ4n) is 4.73. The number of halogens is 5. The molecule has 0 atom stereocenters. The highest BCUT2D eigenvalue weighted by Gasteiger charge is 2.37. The zero-order chi connectivity index (χ0) is 27.8.